The highest BCUT2D eigenvalue weighted by atomic mass is 32.2. The molecule has 1 amide bonds. The molecule has 2 fully saturated rings. The summed E-state index contributed by atoms with van der Waals surface area (Å²) in [5, 5.41) is 0. The summed E-state index contributed by atoms with van der Waals surface area (Å²) in [4.78, 5) is 36.8. The molecule has 7 rings (SSSR count). The van der Waals surface area contributed by atoms with Gasteiger partial charge < -0.3 is 19.3 Å². The fourth-order valence-electron chi connectivity index (χ4n) is 6.38. The van der Waals surface area contributed by atoms with Gasteiger partial charge in [0.2, 0.25) is 11.8 Å². The van der Waals surface area contributed by atoms with Crippen molar-refractivity contribution in [3.05, 3.63) is 83.3 Å². The lowest BCUT2D eigenvalue weighted by molar-refractivity contribution is 0.0209. The maximum Gasteiger partial charge on any atom is 0.264 e. The largest absolute Gasteiger partial charge is 0.475 e. The Morgan fingerprint density at radius 2 is 1.78 bits per heavy atom. The highest BCUT2D eigenvalue weighted by Crippen LogP contribution is 2.31. The van der Waals surface area contributed by atoms with Crippen LogP contribution in [0.15, 0.2) is 65.8 Å². The van der Waals surface area contributed by atoms with Crippen molar-refractivity contribution in [2.24, 2.45) is 0 Å². The molecule has 49 heavy (non-hydrogen) atoms. The van der Waals surface area contributed by atoms with Gasteiger partial charge in [-0.3, -0.25) is 9.78 Å². The SMILES string of the molecule is CCN(c1cncc(CN2C(=O)c3cccc(c3)S(=O)(=O)Nc3nc(cc(-c4c(C)cccc4C)n3)OC[C@H]2COC2CC2)n1)C1CCC1. The maximum atomic E-state index is 14.5. The van der Waals surface area contributed by atoms with Crippen molar-refractivity contribution in [3.8, 4) is 17.1 Å². The van der Waals surface area contributed by atoms with E-state index in [2.05, 4.69) is 31.5 Å². The molecule has 4 bridgehead atoms. The van der Waals surface area contributed by atoms with E-state index >= 15 is 0 Å². The second-order valence-corrected chi connectivity index (χ2v) is 14.7. The van der Waals surface area contributed by atoms with E-state index < -0.39 is 16.1 Å². The molecule has 1 N–H and O–H groups in total. The van der Waals surface area contributed by atoms with Crippen LogP contribution in [0.1, 0.15) is 66.2 Å². The van der Waals surface area contributed by atoms with E-state index in [0.29, 0.717) is 17.4 Å². The Kier molecular flexibility index (Phi) is 9.21. The summed E-state index contributed by atoms with van der Waals surface area (Å²) >= 11 is 0. The zero-order chi connectivity index (χ0) is 34.1. The van der Waals surface area contributed by atoms with Crippen LogP contribution in [0.5, 0.6) is 5.88 Å². The molecule has 256 valence electrons. The monoisotopic (exact) mass is 683 g/mol. The van der Waals surface area contributed by atoms with Crippen LogP contribution in [0, 0.1) is 13.8 Å². The molecule has 0 saturated heterocycles. The van der Waals surface area contributed by atoms with Crippen molar-refractivity contribution < 1.29 is 22.7 Å². The van der Waals surface area contributed by atoms with Gasteiger partial charge in [0.15, 0.2) is 0 Å². The van der Waals surface area contributed by atoms with Crippen LogP contribution < -0.4 is 14.4 Å². The molecule has 1 aliphatic heterocycles. The number of aromatic nitrogens is 4. The van der Waals surface area contributed by atoms with Gasteiger partial charge in [-0.2, -0.15) is 4.98 Å². The zero-order valence-corrected chi connectivity index (χ0v) is 28.8. The van der Waals surface area contributed by atoms with Gasteiger partial charge in [0.05, 0.1) is 54.0 Å². The smallest absolute Gasteiger partial charge is 0.264 e. The first kappa shape index (κ1) is 32.9. The summed E-state index contributed by atoms with van der Waals surface area (Å²) in [5.74, 6) is 0.433. The molecule has 0 radical (unpaired) electrons. The van der Waals surface area contributed by atoms with Gasteiger partial charge in [-0.15, -0.1) is 0 Å². The topological polar surface area (TPSA) is 140 Å². The summed E-state index contributed by atoms with van der Waals surface area (Å²) in [6.07, 6.45) is 8.92. The number of fused-ring (bicyclic) bond motifs is 4. The molecule has 13 heteroatoms. The number of hydrogen-bond acceptors (Lipinski definition) is 10. The molecule has 2 aliphatic carbocycles. The number of benzene rings is 2. The van der Waals surface area contributed by atoms with E-state index in [1.807, 2.05) is 32.0 Å². The fraction of sp³-hybridized carbons (Fsp3) is 0.417. The number of hydrogen-bond donors (Lipinski definition) is 1. The minimum atomic E-state index is -4.18. The predicted molar refractivity (Wildman–Crippen MR) is 185 cm³/mol. The quantitative estimate of drug-likeness (QED) is 0.247. The molecule has 0 spiro atoms. The van der Waals surface area contributed by atoms with E-state index in [1.54, 1.807) is 35.5 Å². The first-order valence-corrected chi connectivity index (χ1v) is 18.4. The number of carbonyl (C=O) groups is 1. The highest BCUT2D eigenvalue weighted by Gasteiger charge is 2.32. The molecule has 2 saturated carbocycles. The van der Waals surface area contributed by atoms with E-state index in [0.717, 1.165) is 54.7 Å². The number of nitrogens with one attached hydrogen (secondary N) is 1. The van der Waals surface area contributed by atoms with Crippen LogP contribution in [0.25, 0.3) is 11.3 Å². The molecule has 3 heterocycles. The molecule has 3 aliphatic rings. The van der Waals surface area contributed by atoms with Crippen LogP contribution in [0.3, 0.4) is 0 Å². The third kappa shape index (κ3) is 7.23. The Hall–Kier alpha value is -4.62. The van der Waals surface area contributed by atoms with Gasteiger partial charge in [-0.1, -0.05) is 24.3 Å². The van der Waals surface area contributed by atoms with Crippen molar-refractivity contribution in [1.29, 1.82) is 0 Å². The zero-order valence-electron chi connectivity index (χ0n) is 28.0. The van der Waals surface area contributed by atoms with Crippen LogP contribution in [0.2, 0.25) is 0 Å². The Morgan fingerprint density at radius 1 is 1.00 bits per heavy atom. The van der Waals surface area contributed by atoms with E-state index in [9.17, 15) is 13.2 Å². The Balaban J connectivity index is 1.31. The van der Waals surface area contributed by atoms with E-state index in [1.165, 1.54) is 18.6 Å². The minimum Gasteiger partial charge on any atom is -0.475 e. The number of ether oxygens (including phenoxy) is 2. The minimum absolute atomic E-state index is 0.0316. The fourth-order valence-corrected chi connectivity index (χ4v) is 7.37. The summed E-state index contributed by atoms with van der Waals surface area (Å²) < 4.78 is 42.5. The summed E-state index contributed by atoms with van der Waals surface area (Å²) in [7, 11) is -4.18. The number of sulfonamides is 1. The molecule has 1 atom stereocenters. The second-order valence-electron chi connectivity index (χ2n) is 13.0. The third-order valence-electron chi connectivity index (χ3n) is 9.39. The van der Waals surface area contributed by atoms with Crippen molar-refractivity contribution in [2.75, 3.05) is 29.4 Å². The number of aryl methyl sites for hydroxylation is 2. The van der Waals surface area contributed by atoms with Crippen molar-refractivity contribution >= 4 is 27.7 Å². The van der Waals surface area contributed by atoms with Gasteiger partial charge in [-0.05, 0) is 82.2 Å². The van der Waals surface area contributed by atoms with Crippen LogP contribution in [0.4, 0.5) is 11.8 Å². The van der Waals surface area contributed by atoms with Gasteiger partial charge in [0.25, 0.3) is 15.9 Å². The first-order chi connectivity index (χ1) is 23.7. The van der Waals surface area contributed by atoms with Gasteiger partial charge in [0.1, 0.15) is 12.4 Å². The van der Waals surface area contributed by atoms with Gasteiger partial charge in [-0.25, -0.2) is 23.1 Å². The van der Waals surface area contributed by atoms with Gasteiger partial charge >= 0.3 is 0 Å². The van der Waals surface area contributed by atoms with Crippen molar-refractivity contribution in [2.45, 2.75) is 82.5 Å². The number of rotatable bonds is 9. The molecule has 2 aromatic heterocycles. The van der Waals surface area contributed by atoms with Crippen LogP contribution >= 0.6 is 0 Å². The second kappa shape index (κ2) is 13.7. The maximum absolute atomic E-state index is 14.5. The Labute approximate surface area is 287 Å². The van der Waals surface area contributed by atoms with Crippen LogP contribution in [-0.4, -0.2) is 77.1 Å². The summed E-state index contributed by atoms with van der Waals surface area (Å²) in [5.41, 5.74) is 4.12. The first-order valence-electron chi connectivity index (χ1n) is 16.9. The Morgan fingerprint density at radius 3 is 2.49 bits per heavy atom. The molecular weight excluding hydrogens is 643 g/mol. The molecular formula is C36H41N7O5S. The number of amides is 1. The lowest BCUT2D eigenvalue weighted by Crippen LogP contribution is -2.46. The normalized spacial score (nSPS) is 19.0. The standard InChI is InChI=1S/C36H41N7O5S/c1-4-42(27-11-7-12-27)32-19-37-18-26(38-32)20-43-28(21-47-29-14-15-29)22-48-33-17-31(34-23(2)8-5-9-24(34)3)39-36(40-33)41-49(45,46)30-13-6-10-25(16-30)35(43)44/h5-6,8-10,13,16-19,27-29H,4,7,11-12,14-15,20-22H2,1-3H3,(H,39,40,41)/t28-/m1/s1. The summed E-state index contributed by atoms with van der Waals surface area (Å²) in [6.45, 7) is 7.22. The Bertz CT molecular complexity index is 1940. The average Bonchev–Trinajstić information content (AvgIpc) is 3.89. The van der Waals surface area contributed by atoms with Crippen LogP contribution in [-0.2, 0) is 21.3 Å². The van der Waals surface area contributed by atoms with E-state index in [4.69, 9.17) is 14.5 Å². The van der Waals surface area contributed by atoms with Crippen molar-refractivity contribution in [3.63, 3.8) is 0 Å². The number of carbonyl (C=O) groups excluding carboxylic acids is 1. The molecule has 0 unspecified atom stereocenters. The molecule has 12 nitrogen and oxygen atoms in total. The predicted octanol–water partition coefficient (Wildman–Crippen LogP) is 5.31. The molecule has 2 aromatic carbocycles. The van der Waals surface area contributed by atoms with E-state index in [-0.39, 0.29) is 54.1 Å². The third-order valence-corrected chi connectivity index (χ3v) is 10.7. The average molecular weight is 684 g/mol. The molecule has 4 aromatic rings. The highest BCUT2D eigenvalue weighted by molar-refractivity contribution is 7.92. The number of anilines is 2. The van der Waals surface area contributed by atoms with Gasteiger partial charge in [0, 0.05) is 29.8 Å². The number of nitrogens with zero attached hydrogens (tertiary/aromatic N) is 6. The summed E-state index contributed by atoms with van der Waals surface area (Å²) in [6, 6.07) is 13.5. The lowest BCUT2D eigenvalue weighted by Gasteiger charge is -2.37. The lowest BCUT2D eigenvalue weighted by atomic mass is 9.91. The van der Waals surface area contributed by atoms with Crippen molar-refractivity contribution in [1.82, 2.24) is 24.8 Å².